The van der Waals surface area contributed by atoms with E-state index in [1.165, 1.54) is 18.2 Å². The van der Waals surface area contributed by atoms with E-state index in [1.54, 1.807) is 25.1 Å². The fraction of sp³-hybridized carbons (Fsp3) is 0.556. The number of carbonyl (C=O) groups is 1. The van der Waals surface area contributed by atoms with Crippen molar-refractivity contribution in [3.63, 3.8) is 0 Å². The molecule has 7 nitrogen and oxygen atoms in total. The largest absolute Gasteiger partial charge is 0.430 e. The van der Waals surface area contributed by atoms with Crippen molar-refractivity contribution in [2.45, 2.75) is 43.7 Å². The lowest BCUT2D eigenvalue weighted by Gasteiger charge is -2.42. The smallest absolute Gasteiger partial charge is 0.374 e. The van der Waals surface area contributed by atoms with E-state index in [2.05, 4.69) is 9.88 Å². The van der Waals surface area contributed by atoms with Crippen LogP contribution in [0.4, 0.5) is 19.0 Å². The van der Waals surface area contributed by atoms with Crippen molar-refractivity contribution in [2.75, 3.05) is 45.2 Å². The number of anilines is 1. The van der Waals surface area contributed by atoms with E-state index in [9.17, 15) is 28.2 Å². The van der Waals surface area contributed by atoms with E-state index in [-0.39, 0.29) is 18.2 Å². The summed E-state index contributed by atoms with van der Waals surface area (Å²) in [5.74, 6) is 0.127. The summed E-state index contributed by atoms with van der Waals surface area (Å²) in [6.07, 6.45) is -2.98. The van der Waals surface area contributed by atoms with Crippen LogP contribution in [-0.2, 0) is 10.4 Å². The molecular formula is C27H34ClF3N4O3. The average Bonchev–Trinajstić information content (AvgIpc) is 2.91. The molecule has 4 rings (SSSR count). The molecule has 0 spiro atoms. The van der Waals surface area contributed by atoms with Gasteiger partial charge in [0.1, 0.15) is 17.2 Å². The predicted molar refractivity (Wildman–Crippen MR) is 139 cm³/mol. The Labute approximate surface area is 225 Å². The molecule has 11 heteroatoms. The van der Waals surface area contributed by atoms with Crippen LogP contribution in [0.15, 0.2) is 42.5 Å². The zero-order chi connectivity index (χ0) is 27.7. The van der Waals surface area contributed by atoms with Gasteiger partial charge in [-0.25, -0.2) is 4.98 Å². The fourth-order valence-electron chi connectivity index (χ4n) is 5.57. The van der Waals surface area contributed by atoms with Crippen molar-refractivity contribution in [2.24, 2.45) is 11.8 Å². The van der Waals surface area contributed by atoms with Gasteiger partial charge in [0, 0.05) is 37.3 Å². The van der Waals surface area contributed by atoms with Gasteiger partial charge in [-0.05, 0) is 63.7 Å². The number of aliphatic hydroxyl groups is 2. The van der Waals surface area contributed by atoms with E-state index >= 15 is 0 Å². The molecule has 2 fully saturated rings. The van der Waals surface area contributed by atoms with Gasteiger partial charge in [0.25, 0.3) is 11.5 Å². The van der Waals surface area contributed by atoms with Gasteiger partial charge in [0.2, 0.25) is 0 Å². The normalized spacial score (nSPS) is 20.4. The Bertz CT molecular complexity index is 1100. The highest BCUT2D eigenvalue weighted by Gasteiger charge is 2.62. The number of nitrogens with zero attached hydrogens (tertiary/aromatic N) is 4. The van der Waals surface area contributed by atoms with Crippen molar-refractivity contribution >= 4 is 23.3 Å². The molecule has 1 amide bonds. The van der Waals surface area contributed by atoms with Crippen molar-refractivity contribution in [3.8, 4) is 0 Å². The Morgan fingerprint density at radius 3 is 2.05 bits per heavy atom. The minimum absolute atomic E-state index is 0.182. The number of carbonyl (C=O) groups excluding carboxylic acids is 1. The summed E-state index contributed by atoms with van der Waals surface area (Å²) in [5.41, 5.74) is -3.48. The first-order chi connectivity index (χ1) is 17.9. The summed E-state index contributed by atoms with van der Waals surface area (Å²) < 4.78 is 41.8. The van der Waals surface area contributed by atoms with Gasteiger partial charge < -0.3 is 20.0 Å². The van der Waals surface area contributed by atoms with E-state index in [4.69, 9.17) is 11.6 Å². The zero-order valence-corrected chi connectivity index (χ0v) is 22.3. The van der Waals surface area contributed by atoms with Gasteiger partial charge in [0.15, 0.2) is 0 Å². The highest BCUT2D eigenvalue weighted by molar-refractivity contribution is 6.30. The quantitative estimate of drug-likeness (QED) is 0.412. The fourth-order valence-corrected chi connectivity index (χ4v) is 5.82. The highest BCUT2D eigenvalue weighted by Crippen LogP contribution is 2.42. The number of amides is 1. The number of alkyl halides is 3. The summed E-state index contributed by atoms with van der Waals surface area (Å²) in [5, 5.41) is 21.1. The molecule has 2 N–H and O–H groups in total. The van der Waals surface area contributed by atoms with Gasteiger partial charge in [-0.2, -0.15) is 13.2 Å². The number of halogens is 4. The summed E-state index contributed by atoms with van der Waals surface area (Å²) in [6, 6.07) is 10.2. The third-order valence-electron chi connectivity index (χ3n) is 7.90. The number of hydrogen-bond donors (Lipinski definition) is 2. The Kier molecular flexibility index (Phi) is 8.56. The number of piperidine rings is 2. The maximum Gasteiger partial charge on any atom is 0.430 e. The monoisotopic (exact) mass is 554 g/mol. The molecule has 2 aliphatic rings. The minimum Gasteiger partial charge on any atom is -0.374 e. The molecule has 0 aliphatic carbocycles. The van der Waals surface area contributed by atoms with E-state index in [0.29, 0.717) is 30.2 Å². The molecule has 2 unspecified atom stereocenters. The average molecular weight is 555 g/mol. The lowest BCUT2D eigenvalue weighted by molar-refractivity contribution is -0.262. The molecular weight excluding hydrogens is 521 g/mol. The summed E-state index contributed by atoms with van der Waals surface area (Å²) in [6.45, 7) is 1.90. The molecule has 2 aliphatic heterocycles. The van der Waals surface area contributed by atoms with Crippen LogP contribution >= 0.6 is 11.6 Å². The zero-order valence-electron chi connectivity index (χ0n) is 21.5. The van der Waals surface area contributed by atoms with Crippen LogP contribution in [0, 0.1) is 11.8 Å². The van der Waals surface area contributed by atoms with Gasteiger partial charge in [0.05, 0.1) is 0 Å². The molecule has 1 aromatic carbocycles. The molecule has 38 heavy (non-hydrogen) atoms. The molecule has 0 bridgehead atoms. The highest BCUT2D eigenvalue weighted by atomic mass is 35.5. The summed E-state index contributed by atoms with van der Waals surface area (Å²) >= 11 is 6.33. The van der Waals surface area contributed by atoms with E-state index in [0.717, 1.165) is 48.8 Å². The van der Waals surface area contributed by atoms with Crippen LogP contribution in [0.2, 0.25) is 5.15 Å². The topological polar surface area (TPSA) is 80.1 Å². The number of likely N-dealkylation sites (tertiary alicyclic amines) is 1. The van der Waals surface area contributed by atoms with Crippen molar-refractivity contribution in [3.05, 3.63) is 58.7 Å². The minimum atomic E-state index is -5.13. The Morgan fingerprint density at radius 1 is 1.00 bits per heavy atom. The van der Waals surface area contributed by atoms with Crippen molar-refractivity contribution in [1.29, 1.82) is 0 Å². The summed E-state index contributed by atoms with van der Waals surface area (Å²) in [4.78, 5) is 22.4. The first kappa shape index (κ1) is 28.6. The van der Waals surface area contributed by atoms with Gasteiger partial charge in [-0.3, -0.25) is 9.69 Å². The molecule has 2 aromatic rings. The van der Waals surface area contributed by atoms with Crippen LogP contribution < -0.4 is 4.90 Å². The van der Waals surface area contributed by atoms with Crippen LogP contribution in [0.25, 0.3) is 0 Å². The lowest BCUT2D eigenvalue weighted by Crippen LogP contribution is -2.57. The standard InChI is InChI=1S/C27H34ClF3N4O3/c1-33(2)24(36)21-8-9-22(32-23(21)28)34-14-10-18(11-15-34)19-12-16-35(17-13-19)25(37)26(38,27(29,30)31)20-6-4-3-5-7-20/h3-9,18-19,24,36,38H,10-17H2,1-2H3. The van der Waals surface area contributed by atoms with E-state index < -0.39 is 29.5 Å². The van der Waals surface area contributed by atoms with Gasteiger partial charge >= 0.3 is 6.18 Å². The maximum atomic E-state index is 13.9. The number of pyridine rings is 1. The second kappa shape index (κ2) is 11.4. The van der Waals surface area contributed by atoms with Gasteiger partial charge in [-0.15, -0.1) is 0 Å². The lowest BCUT2D eigenvalue weighted by atomic mass is 9.78. The number of hydrogen-bond acceptors (Lipinski definition) is 6. The maximum absolute atomic E-state index is 13.9. The van der Waals surface area contributed by atoms with Crippen LogP contribution in [0.3, 0.4) is 0 Å². The van der Waals surface area contributed by atoms with Crippen LogP contribution in [-0.4, -0.2) is 77.4 Å². The molecule has 3 heterocycles. The third kappa shape index (κ3) is 5.64. The third-order valence-corrected chi connectivity index (χ3v) is 8.20. The Hall–Kier alpha value is -2.40. The first-order valence-corrected chi connectivity index (χ1v) is 13.2. The predicted octanol–water partition coefficient (Wildman–Crippen LogP) is 4.19. The molecule has 1 aromatic heterocycles. The number of rotatable bonds is 6. The van der Waals surface area contributed by atoms with E-state index in [1.807, 2.05) is 6.07 Å². The molecule has 2 saturated heterocycles. The van der Waals surface area contributed by atoms with Gasteiger partial charge in [-0.1, -0.05) is 41.9 Å². The number of aromatic nitrogens is 1. The number of benzene rings is 1. The van der Waals surface area contributed by atoms with Crippen LogP contribution in [0.5, 0.6) is 0 Å². The molecule has 0 saturated carbocycles. The molecule has 0 radical (unpaired) electrons. The molecule has 2 atom stereocenters. The van der Waals surface area contributed by atoms with Crippen molar-refractivity contribution < 1.29 is 28.2 Å². The molecule has 208 valence electrons. The Balaban J connectivity index is 1.34. The SMILES string of the molecule is CN(C)C(O)c1ccc(N2CCC(C3CCN(C(=O)C(O)(c4ccccc4)C(F)(F)F)CC3)CC2)nc1Cl. The second-order valence-electron chi connectivity index (χ2n) is 10.4. The second-order valence-corrected chi connectivity index (χ2v) is 10.8. The van der Waals surface area contributed by atoms with Crippen LogP contribution in [0.1, 0.15) is 43.0 Å². The Morgan fingerprint density at radius 2 is 1.55 bits per heavy atom. The first-order valence-electron chi connectivity index (χ1n) is 12.8. The summed E-state index contributed by atoms with van der Waals surface area (Å²) in [7, 11) is 3.50. The van der Waals surface area contributed by atoms with Crippen molar-refractivity contribution in [1.82, 2.24) is 14.8 Å². The number of aliphatic hydroxyl groups excluding tert-OH is 1.